The second-order valence-electron chi connectivity index (χ2n) is 7.20. The molecule has 1 saturated heterocycles. The minimum absolute atomic E-state index is 0.134. The first-order valence-corrected chi connectivity index (χ1v) is 8.48. The van der Waals surface area contributed by atoms with Crippen LogP contribution in [0, 0.1) is 0 Å². The zero-order chi connectivity index (χ0) is 17.7. The summed E-state index contributed by atoms with van der Waals surface area (Å²) >= 11 is 0. The SMILES string of the molecule is CC(NC(=O)[C@H]1CCCCN1C(=O)OC(C)(C)C)c1ccncc1. The van der Waals surface area contributed by atoms with Crippen LogP contribution in [0.1, 0.15) is 58.6 Å². The molecule has 0 aliphatic carbocycles. The smallest absolute Gasteiger partial charge is 0.410 e. The normalized spacial score (nSPS) is 19.5. The zero-order valence-corrected chi connectivity index (χ0v) is 14.9. The summed E-state index contributed by atoms with van der Waals surface area (Å²) in [6.07, 6.45) is 5.47. The van der Waals surface area contributed by atoms with Gasteiger partial charge in [-0.2, -0.15) is 0 Å². The molecular weight excluding hydrogens is 306 g/mol. The minimum Gasteiger partial charge on any atom is -0.444 e. The maximum Gasteiger partial charge on any atom is 0.410 e. The van der Waals surface area contributed by atoms with Crippen molar-refractivity contribution in [2.45, 2.75) is 64.6 Å². The third-order valence-electron chi connectivity index (χ3n) is 4.00. The molecule has 2 heterocycles. The van der Waals surface area contributed by atoms with Crippen molar-refractivity contribution in [1.82, 2.24) is 15.2 Å². The molecule has 1 unspecified atom stereocenters. The van der Waals surface area contributed by atoms with E-state index < -0.39 is 17.7 Å². The van der Waals surface area contributed by atoms with Crippen molar-refractivity contribution in [2.24, 2.45) is 0 Å². The third kappa shape index (κ3) is 4.94. The van der Waals surface area contributed by atoms with Crippen LogP contribution in [0.25, 0.3) is 0 Å². The Morgan fingerprint density at radius 1 is 1.29 bits per heavy atom. The van der Waals surface area contributed by atoms with Gasteiger partial charge in [-0.3, -0.25) is 14.7 Å². The van der Waals surface area contributed by atoms with Crippen LogP contribution in [0.2, 0.25) is 0 Å². The molecule has 2 rings (SSSR count). The van der Waals surface area contributed by atoms with Gasteiger partial charge in [-0.25, -0.2) is 4.79 Å². The number of carbonyl (C=O) groups excluding carboxylic acids is 2. The van der Waals surface area contributed by atoms with Crippen LogP contribution in [0.4, 0.5) is 4.79 Å². The van der Waals surface area contributed by atoms with Gasteiger partial charge in [0.2, 0.25) is 5.91 Å². The van der Waals surface area contributed by atoms with E-state index in [0.29, 0.717) is 13.0 Å². The van der Waals surface area contributed by atoms with E-state index >= 15 is 0 Å². The van der Waals surface area contributed by atoms with Gasteiger partial charge >= 0.3 is 6.09 Å². The standard InChI is InChI=1S/C18H27N3O3/c1-13(14-8-10-19-11-9-14)20-16(22)15-7-5-6-12-21(15)17(23)24-18(2,3)4/h8-11,13,15H,5-7,12H2,1-4H3,(H,20,22)/t13?,15-/m1/s1. The molecule has 1 fully saturated rings. The van der Waals surface area contributed by atoms with Crippen molar-refractivity contribution in [3.8, 4) is 0 Å². The molecule has 2 atom stereocenters. The number of pyridine rings is 1. The van der Waals surface area contributed by atoms with E-state index in [1.165, 1.54) is 0 Å². The van der Waals surface area contributed by atoms with Crippen LogP contribution in [0.5, 0.6) is 0 Å². The maximum atomic E-state index is 12.7. The number of aromatic nitrogens is 1. The predicted molar refractivity (Wildman–Crippen MR) is 91.4 cm³/mol. The first-order valence-electron chi connectivity index (χ1n) is 8.48. The molecule has 0 saturated carbocycles. The van der Waals surface area contributed by atoms with E-state index in [4.69, 9.17) is 4.74 Å². The number of piperidine rings is 1. The van der Waals surface area contributed by atoms with E-state index in [1.807, 2.05) is 39.8 Å². The topological polar surface area (TPSA) is 71.5 Å². The Bertz CT molecular complexity index is 569. The van der Waals surface area contributed by atoms with Crippen LogP contribution in [0.3, 0.4) is 0 Å². The molecular formula is C18H27N3O3. The van der Waals surface area contributed by atoms with Crippen molar-refractivity contribution >= 4 is 12.0 Å². The van der Waals surface area contributed by atoms with Crippen LogP contribution in [0.15, 0.2) is 24.5 Å². The van der Waals surface area contributed by atoms with Gasteiger partial charge in [-0.05, 0) is 64.7 Å². The predicted octanol–water partition coefficient (Wildman–Crippen LogP) is 3.05. The largest absolute Gasteiger partial charge is 0.444 e. The molecule has 1 aliphatic rings. The number of hydrogen-bond acceptors (Lipinski definition) is 4. The van der Waals surface area contributed by atoms with E-state index in [-0.39, 0.29) is 11.9 Å². The first kappa shape index (κ1) is 18.2. The van der Waals surface area contributed by atoms with E-state index in [1.54, 1.807) is 17.3 Å². The highest BCUT2D eigenvalue weighted by molar-refractivity contribution is 5.86. The molecule has 1 aromatic rings. The van der Waals surface area contributed by atoms with Crippen molar-refractivity contribution in [3.05, 3.63) is 30.1 Å². The molecule has 24 heavy (non-hydrogen) atoms. The third-order valence-corrected chi connectivity index (χ3v) is 4.00. The molecule has 2 amide bonds. The molecule has 132 valence electrons. The summed E-state index contributed by atoms with van der Waals surface area (Å²) in [5.41, 5.74) is 0.415. The monoisotopic (exact) mass is 333 g/mol. The van der Waals surface area contributed by atoms with E-state index in [9.17, 15) is 9.59 Å². The van der Waals surface area contributed by atoms with Gasteiger partial charge in [0.25, 0.3) is 0 Å². The summed E-state index contributed by atoms with van der Waals surface area (Å²) in [4.78, 5) is 30.6. The van der Waals surface area contributed by atoms with E-state index in [2.05, 4.69) is 10.3 Å². The van der Waals surface area contributed by atoms with Crippen LogP contribution < -0.4 is 5.32 Å². The van der Waals surface area contributed by atoms with Gasteiger partial charge in [0.15, 0.2) is 0 Å². The zero-order valence-electron chi connectivity index (χ0n) is 14.9. The summed E-state index contributed by atoms with van der Waals surface area (Å²) in [6, 6.07) is 3.13. The quantitative estimate of drug-likeness (QED) is 0.923. The van der Waals surface area contributed by atoms with Gasteiger partial charge in [-0.15, -0.1) is 0 Å². The number of likely N-dealkylation sites (tertiary alicyclic amines) is 1. The average molecular weight is 333 g/mol. The Hall–Kier alpha value is -2.11. The maximum absolute atomic E-state index is 12.7. The lowest BCUT2D eigenvalue weighted by Crippen LogP contribution is -2.53. The summed E-state index contributed by atoms with van der Waals surface area (Å²) < 4.78 is 5.45. The summed E-state index contributed by atoms with van der Waals surface area (Å²) in [7, 11) is 0. The number of nitrogens with one attached hydrogen (secondary N) is 1. The Labute approximate surface area is 143 Å². The van der Waals surface area contributed by atoms with Crippen molar-refractivity contribution < 1.29 is 14.3 Å². The molecule has 0 spiro atoms. The van der Waals surface area contributed by atoms with Gasteiger partial charge in [0.1, 0.15) is 11.6 Å². The lowest BCUT2D eigenvalue weighted by Gasteiger charge is -2.36. The fourth-order valence-corrected chi connectivity index (χ4v) is 2.79. The number of amides is 2. The van der Waals surface area contributed by atoms with Crippen molar-refractivity contribution in [3.63, 3.8) is 0 Å². The summed E-state index contributed by atoms with van der Waals surface area (Å²) in [5.74, 6) is -0.134. The summed E-state index contributed by atoms with van der Waals surface area (Å²) in [6.45, 7) is 7.96. The molecule has 1 aliphatic heterocycles. The molecule has 1 N–H and O–H groups in total. The summed E-state index contributed by atoms with van der Waals surface area (Å²) in [5, 5.41) is 3.00. The van der Waals surface area contributed by atoms with Crippen molar-refractivity contribution in [2.75, 3.05) is 6.54 Å². The molecule has 6 heteroatoms. The Morgan fingerprint density at radius 2 is 1.96 bits per heavy atom. The highest BCUT2D eigenvalue weighted by Crippen LogP contribution is 2.21. The van der Waals surface area contributed by atoms with E-state index in [0.717, 1.165) is 18.4 Å². The minimum atomic E-state index is -0.570. The molecule has 0 radical (unpaired) electrons. The molecule has 0 bridgehead atoms. The molecule has 1 aromatic heterocycles. The van der Waals surface area contributed by atoms with Crippen LogP contribution in [-0.4, -0.2) is 40.1 Å². The lowest BCUT2D eigenvalue weighted by atomic mass is 10.0. The average Bonchev–Trinajstić information content (AvgIpc) is 2.54. The van der Waals surface area contributed by atoms with Crippen molar-refractivity contribution in [1.29, 1.82) is 0 Å². The second kappa shape index (κ2) is 7.64. The van der Waals surface area contributed by atoms with Gasteiger partial charge in [-0.1, -0.05) is 0 Å². The number of rotatable bonds is 3. The van der Waals surface area contributed by atoms with Gasteiger partial charge in [0.05, 0.1) is 6.04 Å². The Kier molecular flexibility index (Phi) is 5.80. The first-order chi connectivity index (χ1) is 11.3. The fourth-order valence-electron chi connectivity index (χ4n) is 2.79. The number of nitrogens with zero attached hydrogens (tertiary/aromatic N) is 2. The van der Waals surface area contributed by atoms with Gasteiger partial charge in [0, 0.05) is 18.9 Å². The molecule has 0 aromatic carbocycles. The van der Waals surface area contributed by atoms with Crippen LogP contribution >= 0.6 is 0 Å². The Balaban J connectivity index is 2.03. The second-order valence-corrected chi connectivity index (χ2v) is 7.20. The van der Waals surface area contributed by atoms with Gasteiger partial charge < -0.3 is 10.1 Å². The lowest BCUT2D eigenvalue weighted by molar-refractivity contribution is -0.128. The highest BCUT2D eigenvalue weighted by Gasteiger charge is 2.35. The molecule has 6 nitrogen and oxygen atoms in total. The fraction of sp³-hybridized carbons (Fsp3) is 0.611. The number of carbonyl (C=O) groups is 2. The Morgan fingerprint density at radius 3 is 2.58 bits per heavy atom. The number of hydrogen-bond donors (Lipinski definition) is 1. The highest BCUT2D eigenvalue weighted by atomic mass is 16.6. The van der Waals surface area contributed by atoms with Crippen LogP contribution in [-0.2, 0) is 9.53 Å². The number of ether oxygens (including phenoxy) is 1.